The standard InChI is InChI=1S/C35H44N4O6/c1-9-22-21(6)34(42)39-29(22)16-27-20(5)25(12-14-33(41)45-8)31(37-27)17-30-24(11-13-32(40)44-7)19(4)26(36-30)15-28-18(3)23(10-2)35(43)38-28/h9,15,17,20,27,29,37H,1,10-14,16H2,2-8H3,(H,38,43)(H,39,42)/b28-15-,30-17-/t20?,27?,29-/m1/s1. The number of hydrogen-bond donors (Lipinski definition) is 3. The number of allylic oxidation sites excluding steroid dienone is 5. The molecule has 0 saturated carbocycles. The van der Waals surface area contributed by atoms with Crippen molar-refractivity contribution in [2.45, 2.75) is 85.2 Å². The SMILES string of the molecule is C=CC1=C(C)C(=O)N[C@@H]1CC1NC(/C=C2N=C(/C=C3\NC(=O)C(CC)=C3C)C(C)=C\2CCC(=O)OC)=C(CCC(=O)OC)C1C. The minimum atomic E-state index is -0.318. The number of nitrogens with one attached hydrogen (secondary N) is 3. The van der Waals surface area contributed by atoms with Gasteiger partial charge in [0.2, 0.25) is 5.91 Å². The molecule has 4 aliphatic rings. The fourth-order valence-electron chi connectivity index (χ4n) is 6.48. The van der Waals surface area contributed by atoms with Crippen LogP contribution in [0, 0.1) is 5.92 Å². The predicted molar refractivity (Wildman–Crippen MR) is 172 cm³/mol. The van der Waals surface area contributed by atoms with Crippen LogP contribution in [0.1, 0.15) is 73.1 Å². The molecule has 0 bridgehead atoms. The van der Waals surface area contributed by atoms with Crippen LogP contribution in [0.3, 0.4) is 0 Å². The molecular formula is C35H44N4O6. The lowest BCUT2D eigenvalue weighted by Crippen LogP contribution is -2.38. The van der Waals surface area contributed by atoms with Gasteiger partial charge in [-0.05, 0) is 92.4 Å². The minimum absolute atomic E-state index is 0.0276. The van der Waals surface area contributed by atoms with Crippen molar-refractivity contribution in [1.82, 2.24) is 16.0 Å². The molecule has 2 unspecified atom stereocenters. The maximum Gasteiger partial charge on any atom is 0.305 e. The van der Waals surface area contributed by atoms with E-state index < -0.39 is 0 Å². The molecule has 240 valence electrons. The van der Waals surface area contributed by atoms with Crippen LogP contribution in [-0.4, -0.2) is 55.8 Å². The van der Waals surface area contributed by atoms with E-state index in [0.29, 0.717) is 48.4 Å². The lowest BCUT2D eigenvalue weighted by atomic mass is 9.88. The second-order valence-corrected chi connectivity index (χ2v) is 11.8. The van der Waals surface area contributed by atoms with Crippen molar-refractivity contribution >= 4 is 29.5 Å². The molecule has 0 aromatic carbocycles. The van der Waals surface area contributed by atoms with Crippen molar-refractivity contribution in [3.05, 3.63) is 80.9 Å². The molecule has 4 rings (SSSR count). The van der Waals surface area contributed by atoms with E-state index in [-0.39, 0.29) is 54.6 Å². The lowest BCUT2D eigenvalue weighted by Gasteiger charge is -2.23. The lowest BCUT2D eigenvalue weighted by molar-refractivity contribution is -0.141. The van der Waals surface area contributed by atoms with Gasteiger partial charge in [0.15, 0.2) is 0 Å². The number of ether oxygens (including phenoxy) is 2. The summed E-state index contributed by atoms with van der Waals surface area (Å²) in [6.07, 6.45) is 8.21. The summed E-state index contributed by atoms with van der Waals surface area (Å²) in [6.45, 7) is 13.7. The number of rotatable bonds is 12. The second kappa shape index (κ2) is 14.1. The van der Waals surface area contributed by atoms with Crippen LogP contribution < -0.4 is 16.0 Å². The van der Waals surface area contributed by atoms with Crippen molar-refractivity contribution < 1.29 is 28.7 Å². The molecule has 0 radical (unpaired) electrons. The van der Waals surface area contributed by atoms with Crippen LogP contribution in [0.4, 0.5) is 0 Å². The molecule has 45 heavy (non-hydrogen) atoms. The van der Waals surface area contributed by atoms with Gasteiger partial charge in [0, 0.05) is 41.4 Å². The van der Waals surface area contributed by atoms with E-state index >= 15 is 0 Å². The number of carbonyl (C=O) groups is 4. The van der Waals surface area contributed by atoms with Crippen LogP contribution in [0.5, 0.6) is 0 Å². The maximum atomic E-state index is 12.5. The number of amides is 2. The van der Waals surface area contributed by atoms with Gasteiger partial charge in [0.1, 0.15) is 0 Å². The predicted octanol–water partition coefficient (Wildman–Crippen LogP) is 4.54. The third-order valence-corrected chi connectivity index (χ3v) is 9.32. The molecule has 0 saturated heterocycles. The molecule has 0 spiro atoms. The van der Waals surface area contributed by atoms with Crippen LogP contribution in [-0.2, 0) is 28.7 Å². The second-order valence-electron chi connectivity index (χ2n) is 11.8. The van der Waals surface area contributed by atoms with E-state index in [1.54, 1.807) is 13.0 Å². The Bertz CT molecular complexity index is 1550. The highest BCUT2D eigenvalue weighted by Crippen LogP contribution is 2.38. The molecule has 0 aromatic rings. The van der Waals surface area contributed by atoms with Crippen LogP contribution in [0.15, 0.2) is 85.9 Å². The summed E-state index contributed by atoms with van der Waals surface area (Å²) in [5, 5.41) is 9.69. The zero-order valence-corrected chi connectivity index (χ0v) is 27.3. The summed E-state index contributed by atoms with van der Waals surface area (Å²) in [4.78, 5) is 54.2. The highest BCUT2D eigenvalue weighted by atomic mass is 16.5. The fourth-order valence-corrected chi connectivity index (χ4v) is 6.48. The summed E-state index contributed by atoms with van der Waals surface area (Å²) in [6, 6.07) is -0.199. The number of hydrogen-bond acceptors (Lipinski definition) is 8. The molecule has 0 fully saturated rings. The van der Waals surface area contributed by atoms with E-state index in [4.69, 9.17) is 14.5 Å². The highest BCUT2D eigenvalue weighted by molar-refractivity contribution is 6.13. The Kier molecular flexibility index (Phi) is 10.5. The average molecular weight is 617 g/mol. The van der Waals surface area contributed by atoms with Gasteiger partial charge in [-0.25, -0.2) is 4.99 Å². The normalized spacial score (nSPS) is 25.0. The minimum Gasteiger partial charge on any atom is -0.469 e. The van der Waals surface area contributed by atoms with Gasteiger partial charge >= 0.3 is 11.9 Å². The van der Waals surface area contributed by atoms with Gasteiger partial charge in [-0.2, -0.15) is 0 Å². The summed E-state index contributed by atoms with van der Waals surface area (Å²) >= 11 is 0. The number of aliphatic imine (C=N–C) groups is 1. The molecule has 0 aliphatic carbocycles. The first-order valence-corrected chi connectivity index (χ1v) is 15.4. The molecule has 4 heterocycles. The zero-order chi connectivity index (χ0) is 33.0. The van der Waals surface area contributed by atoms with E-state index in [9.17, 15) is 19.2 Å². The molecule has 3 N–H and O–H groups in total. The monoisotopic (exact) mass is 616 g/mol. The number of esters is 2. The highest BCUT2D eigenvalue weighted by Gasteiger charge is 2.36. The third kappa shape index (κ3) is 6.95. The van der Waals surface area contributed by atoms with Crippen LogP contribution in [0.2, 0.25) is 0 Å². The molecule has 0 aromatic heterocycles. The molecule has 3 atom stereocenters. The largest absolute Gasteiger partial charge is 0.469 e. The van der Waals surface area contributed by atoms with Gasteiger partial charge in [-0.1, -0.05) is 26.5 Å². The Morgan fingerprint density at radius 3 is 2.18 bits per heavy atom. The number of carbonyl (C=O) groups excluding carboxylic acids is 4. The topological polar surface area (TPSA) is 135 Å². The Morgan fingerprint density at radius 1 is 0.911 bits per heavy atom. The van der Waals surface area contributed by atoms with Crippen LogP contribution in [0.25, 0.3) is 0 Å². The third-order valence-electron chi connectivity index (χ3n) is 9.32. The van der Waals surface area contributed by atoms with E-state index in [1.807, 2.05) is 32.9 Å². The molecular weight excluding hydrogens is 572 g/mol. The first kappa shape index (κ1) is 33.4. The smallest absolute Gasteiger partial charge is 0.305 e. The average Bonchev–Trinajstić information content (AvgIpc) is 3.66. The van der Waals surface area contributed by atoms with Crippen molar-refractivity contribution in [3.8, 4) is 0 Å². The van der Waals surface area contributed by atoms with Gasteiger partial charge in [-0.3, -0.25) is 19.2 Å². The van der Waals surface area contributed by atoms with Crippen LogP contribution >= 0.6 is 0 Å². The summed E-state index contributed by atoms with van der Waals surface area (Å²) in [5.74, 6) is -0.746. The fraction of sp³-hybridized carbons (Fsp3) is 0.457. The zero-order valence-electron chi connectivity index (χ0n) is 27.3. The quantitative estimate of drug-likeness (QED) is 0.274. The summed E-state index contributed by atoms with van der Waals surface area (Å²) < 4.78 is 9.85. The van der Waals surface area contributed by atoms with Gasteiger partial charge in [-0.15, -0.1) is 0 Å². The molecule has 4 aliphatic heterocycles. The van der Waals surface area contributed by atoms with Crippen molar-refractivity contribution in [1.29, 1.82) is 0 Å². The molecule has 10 nitrogen and oxygen atoms in total. The van der Waals surface area contributed by atoms with Crippen molar-refractivity contribution in [2.24, 2.45) is 10.9 Å². The Balaban J connectivity index is 1.73. The van der Waals surface area contributed by atoms with Crippen molar-refractivity contribution in [3.63, 3.8) is 0 Å². The van der Waals surface area contributed by atoms with E-state index in [0.717, 1.165) is 39.1 Å². The first-order chi connectivity index (χ1) is 21.4. The van der Waals surface area contributed by atoms with Crippen molar-refractivity contribution in [2.75, 3.05) is 14.2 Å². The van der Waals surface area contributed by atoms with Gasteiger partial charge in [0.05, 0.1) is 31.7 Å². The molecule has 10 heteroatoms. The van der Waals surface area contributed by atoms with E-state index in [2.05, 4.69) is 29.5 Å². The Hall–Kier alpha value is -4.47. The number of nitrogens with zero attached hydrogens (tertiary/aromatic N) is 1. The molecule has 2 amide bonds. The Morgan fingerprint density at radius 2 is 1.58 bits per heavy atom. The Labute approximate surface area is 265 Å². The summed E-state index contributed by atoms with van der Waals surface area (Å²) in [7, 11) is 2.75. The van der Waals surface area contributed by atoms with E-state index in [1.165, 1.54) is 14.2 Å². The summed E-state index contributed by atoms with van der Waals surface area (Å²) in [5.41, 5.74) is 9.08. The maximum absolute atomic E-state index is 12.5. The first-order valence-electron chi connectivity index (χ1n) is 15.4. The van der Waals surface area contributed by atoms with Gasteiger partial charge in [0.25, 0.3) is 5.91 Å². The number of methoxy groups -OCH3 is 2. The van der Waals surface area contributed by atoms with Gasteiger partial charge < -0.3 is 25.4 Å².